The van der Waals surface area contributed by atoms with E-state index < -0.39 is 0 Å². The summed E-state index contributed by atoms with van der Waals surface area (Å²) in [6.07, 6.45) is 2.48. The molecule has 1 aliphatic carbocycles. The summed E-state index contributed by atoms with van der Waals surface area (Å²) in [5.74, 6) is 0.632. The maximum absolute atomic E-state index is 9.14. The number of thiazole rings is 1. The molecule has 1 aliphatic rings. The number of aromatic nitrogens is 1. The second kappa shape index (κ2) is 3.27. The first-order valence-corrected chi connectivity index (χ1v) is 5.31. The number of hydrogen-bond donors (Lipinski definition) is 1. The van der Waals surface area contributed by atoms with Crippen molar-refractivity contribution < 1.29 is 5.11 Å². The summed E-state index contributed by atoms with van der Waals surface area (Å²) in [6.45, 7) is 0.136. The molecule has 13 heavy (non-hydrogen) atoms. The Balaban J connectivity index is 2.31. The summed E-state index contributed by atoms with van der Waals surface area (Å²) in [5.41, 5.74) is 1.14. The fourth-order valence-corrected chi connectivity index (χ4v) is 2.26. The van der Waals surface area contributed by atoms with Crippen LogP contribution in [0.5, 0.6) is 0 Å². The SMILES string of the molecule is CN(C)c1nc(C2CC2)c(CO)s1. The Bertz CT molecular complexity index is 305. The Morgan fingerprint density at radius 1 is 1.54 bits per heavy atom. The molecule has 0 bridgehead atoms. The van der Waals surface area contributed by atoms with E-state index in [4.69, 9.17) is 5.11 Å². The van der Waals surface area contributed by atoms with Crippen LogP contribution in [0.4, 0.5) is 5.13 Å². The van der Waals surface area contributed by atoms with Crippen LogP contribution in [0.15, 0.2) is 0 Å². The smallest absolute Gasteiger partial charge is 0.185 e. The Kier molecular flexibility index (Phi) is 2.26. The van der Waals surface area contributed by atoms with Crippen LogP contribution in [-0.4, -0.2) is 24.2 Å². The van der Waals surface area contributed by atoms with Crippen LogP contribution < -0.4 is 4.90 Å². The van der Waals surface area contributed by atoms with Crippen molar-refractivity contribution in [2.75, 3.05) is 19.0 Å². The Labute approximate surface area is 82.0 Å². The molecule has 1 fully saturated rings. The van der Waals surface area contributed by atoms with Gasteiger partial charge in [0.25, 0.3) is 0 Å². The van der Waals surface area contributed by atoms with Gasteiger partial charge in [0.05, 0.1) is 17.2 Å². The monoisotopic (exact) mass is 198 g/mol. The lowest BCUT2D eigenvalue weighted by molar-refractivity contribution is 0.284. The van der Waals surface area contributed by atoms with Crippen molar-refractivity contribution in [2.24, 2.45) is 0 Å². The number of rotatable bonds is 3. The molecule has 0 aliphatic heterocycles. The minimum atomic E-state index is 0.136. The highest BCUT2D eigenvalue weighted by Gasteiger charge is 2.29. The molecule has 0 amide bonds. The van der Waals surface area contributed by atoms with Gasteiger partial charge in [0, 0.05) is 20.0 Å². The molecule has 1 aromatic heterocycles. The Morgan fingerprint density at radius 2 is 2.23 bits per heavy atom. The van der Waals surface area contributed by atoms with Gasteiger partial charge >= 0.3 is 0 Å². The highest BCUT2D eigenvalue weighted by Crippen LogP contribution is 2.43. The van der Waals surface area contributed by atoms with Gasteiger partial charge in [-0.05, 0) is 12.8 Å². The second-order valence-electron chi connectivity index (χ2n) is 3.63. The second-order valence-corrected chi connectivity index (χ2v) is 4.69. The lowest BCUT2D eigenvalue weighted by Gasteiger charge is -2.05. The third kappa shape index (κ3) is 1.69. The third-order valence-electron chi connectivity index (χ3n) is 2.21. The minimum Gasteiger partial charge on any atom is -0.391 e. The van der Waals surface area contributed by atoms with Gasteiger partial charge in [-0.1, -0.05) is 11.3 Å². The highest BCUT2D eigenvalue weighted by atomic mass is 32.1. The van der Waals surface area contributed by atoms with Gasteiger partial charge in [-0.25, -0.2) is 4.98 Å². The molecule has 0 atom stereocenters. The summed E-state index contributed by atoms with van der Waals surface area (Å²) < 4.78 is 0. The molecule has 1 N–H and O–H groups in total. The molecular formula is C9H14N2OS. The minimum absolute atomic E-state index is 0.136. The predicted molar refractivity (Wildman–Crippen MR) is 54.3 cm³/mol. The lowest BCUT2D eigenvalue weighted by atomic mass is 10.2. The number of nitrogens with zero attached hydrogens (tertiary/aromatic N) is 2. The zero-order valence-corrected chi connectivity index (χ0v) is 8.77. The zero-order valence-electron chi connectivity index (χ0n) is 7.95. The molecule has 72 valence electrons. The van der Waals surface area contributed by atoms with E-state index >= 15 is 0 Å². The van der Waals surface area contributed by atoms with Crippen LogP contribution in [0.3, 0.4) is 0 Å². The number of anilines is 1. The number of aliphatic hydroxyl groups excluding tert-OH is 1. The van der Waals surface area contributed by atoms with Crippen molar-refractivity contribution in [1.82, 2.24) is 4.98 Å². The molecule has 1 heterocycles. The molecule has 3 nitrogen and oxygen atoms in total. The van der Waals surface area contributed by atoms with Gasteiger partial charge in [0.2, 0.25) is 0 Å². The maximum atomic E-state index is 9.14. The van der Waals surface area contributed by atoms with Crippen LogP contribution in [0.25, 0.3) is 0 Å². The topological polar surface area (TPSA) is 36.4 Å². The molecule has 1 saturated carbocycles. The van der Waals surface area contributed by atoms with E-state index in [-0.39, 0.29) is 6.61 Å². The lowest BCUT2D eigenvalue weighted by Crippen LogP contribution is -2.07. The molecule has 0 unspecified atom stereocenters. The van der Waals surface area contributed by atoms with E-state index in [2.05, 4.69) is 4.98 Å². The van der Waals surface area contributed by atoms with E-state index in [0.717, 1.165) is 15.7 Å². The maximum Gasteiger partial charge on any atom is 0.185 e. The quantitative estimate of drug-likeness (QED) is 0.801. The van der Waals surface area contributed by atoms with Gasteiger partial charge in [0.15, 0.2) is 5.13 Å². The summed E-state index contributed by atoms with van der Waals surface area (Å²) in [5, 5.41) is 10.1. The van der Waals surface area contributed by atoms with E-state index in [0.29, 0.717) is 5.92 Å². The fourth-order valence-electron chi connectivity index (χ4n) is 1.33. The molecule has 2 rings (SSSR count). The van der Waals surface area contributed by atoms with E-state index in [1.165, 1.54) is 12.8 Å². The normalized spacial score (nSPS) is 16.2. The summed E-state index contributed by atoms with van der Waals surface area (Å²) >= 11 is 1.60. The van der Waals surface area contributed by atoms with Crippen molar-refractivity contribution in [2.45, 2.75) is 25.4 Å². The average molecular weight is 198 g/mol. The standard InChI is InChI=1S/C9H14N2OS/c1-11(2)9-10-8(6-3-4-6)7(5-12)13-9/h6,12H,3-5H2,1-2H3. The number of aliphatic hydroxyl groups is 1. The van der Waals surface area contributed by atoms with Crippen LogP contribution >= 0.6 is 11.3 Å². The number of hydrogen-bond acceptors (Lipinski definition) is 4. The van der Waals surface area contributed by atoms with E-state index in [9.17, 15) is 0 Å². The zero-order chi connectivity index (χ0) is 9.42. The molecule has 0 spiro atoms. The van der Waals surface area contributed by atoms with Gasteiger partial charge in [-0.3, -0.25) is 0 Å². The first-order valence-electron chi connectivity index (χ1n) is 4.50. The fraction of sp³-hybridized carbons (Fsp3) is 0.667. The average Bonchev–Trinajstić information content (AvgIpc) is 2.84. The highest BCUT2D eigenvalue weighted by molar-refractivity contribution is 7.15. The molecule has 0 saturated heterocycles. The van der Waals surface area contributed by atoms with Gasteiger partial charge in [0.1, 0.15) is 0 Å². The third-order valence-corrected chi connectivity index (χ3v) is 3.43. The van der Waals surface area contributed by atoms with Crippen molar-refractivity contribution in [3.05, 3.63) is 10.6 Å². The van der Waals surface area contributed by atoms with Crippen LogP contribution in [0.1, 0.15) is 29.3 Å². The molecular weight excluding hydrogens is 184 g/mol. The Hall–Kier alpha value is -0.610. The van der Waals surface area contributed by atoms with Crippen LogP contribution in [0.2, 0.25) is 0 Å². The van der Waals surface area contributed by atoms with Crippen LogP contribution in [0, 0.1) is 0 Å². The summed E-state index contributed by atoms with van der Waals surface area (Å²) in [6, 6.07) is 0. The molecule has 1 aromatic rings. The largest absolute Gasteiger partial charge is 0.391 e. The van der Waals surface area contributed by atoms with Crippen molar-refractivity contribution in [3.63, 3.8) is 0 Å². The van der Waals surface area contributed by atoms with Gasteiger partial charge in [-0.15, -0.1) is 0 Å². The van der Waals surface area contributed by atoms with Gasteiger partial charge < -0.3 is 10.0 Å². The van der Waals surface area contributed by atoms with Crippen LogP contribution in [-0.2, 0) is 6.61 Å². The van der Waals surface area contributed by atoms with E-state index in [1.54, 1.807) is 11.3 Å². The first kappa shape index (κ1) is 8.97. The molecule has 4 heteroatoms. The summed E-state index contributed by atoms with van der Waals surface area (Å²) in [7, 11) is 3.97. The van der Waals surface area contributed by atoms with E-state index in [1.807, 2.05) is 19.0 Å². The summed E-state index contributed by atoms with van der Waals surface area (Å²) in [4.78, 5) is 7.57. The van der Waals surface area contributed by atoms with Gasteiger partial charge in [-0.2, -0.15) is 0 Å². The molecule has 0 radical (unpaired) electrons. The van der Waals surface area contributed by atoms with Crippen molar-refractivity contribution in [1.29, 1.82) is 0 Å². The van der Waals surface area contributed by atoms with Crippen molar-refractivity contribution in [3.8, 4) is 0 Å². The Morgan fingerprint density at radius 3 is 2.69 bits per heavy atom. The predicted octanol–water partition coefficient (Wildman–Crippen LogP) is 1.58. The van der Waals surface area contributed by atoms with Crippen molar-refractivity contribution >= 4 is 16.5 Å². The first-order chi connectivity index (χ1) is 6.22. The molecule has 0 aromatic carbocycles.